The molecule has 7 heterocycles. The lowest BCUT2D eigenvalue weighted by molar-refractivity contribution is -0.147. The first kappa shape index (κ1) is 44.0. The number of aryl methyl sites for hydroxylation is 1. The van der Waals surface area contributed by atoms with Gasteiger partial charge in [0.25, 0.3) is 5.91 Å². The summed E-state index contributed by atoms with van der Waals surface area (Å²) in [5.41, 5.74) is 10.1. The predicted octanol–water partition coefficient (Wildman–Crippen LogP) is 5.81. The number of methoxy groups -OCH3 is 1. The number of anilines is 1. The number of fused-ring (bicyclic) bond motifs is 7. The van der Waals surface area contributed by atoms with E-state index < -0.39 is 11.6 Å². The zero-order valence-corrected chi connectivity index (χ0v) is 38.6. The van der Waals surface area contributed by atoms with E-state index in [1.165, 1.54) is 21.9 Å². The van der Waals surface area contributed by atoms with E-state index >= 15 is 0 Å². The molecule has 6 bridgehead atoms. The third kappa shape index (κ3) is 8.93. The highest BCUT2D eigenvalue weighted by atomic mass is 32.1. The summed E-state index contributed by atoms with van der Waals surface area (Å²) in [6.07, 6.45) is 6.59. The summed E-state index contributed by atoms with van der Waals surface area (Å²) in [4.78, 5) is 56.1. The Kier molecular flexibility index (Phi) is 12.5. The molecule has 2 amide bonds. The molecule has 1 aliphatic carbocycles. The highest BCUT2D eigenvalue weighted by Gasteiger charge is 2.43. The van der Waals surface area contributed by atoms with E-state index in [9.17, 15) is 14.4 Å². The Hall–Kier alpha value is -4.25. The van der Waals surface area contributed by atoms with Crippen LogP contribution < -0.4 is 15.6 Å². The van der Waals surface area contributed by atoms with Crippen molar-refractivity contribution in [1.82, 2.24) is 35.2 Å². The quantitative estimate of drug-likeness (QED) is 0.207. The van der Waals surface area contributed by atoms with Gasteiger partial charge in [0.15, 0.2) is 0 Å². The molecule has 0 unspecified atom stereocenters. The molecule has 5 aliphatic rings. The number of morpholine rings is 1. The molecule has 0 spiro atoms. The molecule has 14 nitrogen and oxygen atoms in total. The molecule has 4 fully saturated rings. The molecule has 0 radical (unpaired) electrons. The van der Waals surface area contributed by atoms with Crippen LogP contribution in [0.15, 0.2) is 35.8 Å². The molecule has 338 valence electrons. The second-order valence-electron chi connectivity index (χ2n) is 19.4. The van der Waals surface area contributed by atoms with Crippen LogP contribution >= 0.6 is 11.3 Å². The maximum absolute atomic E-state index is 14.3. The number of aromatic nitrogens is 3. The van der Waals surface area contributed by atoms with Gasteiger partial charge in [0.1, 0.15) is 17.9 Å². The number of aldehydes is 1. The van der Waals surface area contributed by atoms with E-state index in [0.717, 1.165) is 115 Å². The highest BCUT2D eigenvalue weighted by Crippen LogP contribution is 2.43. The van der Waals surface area contributed by atoms with E-state index in [-0.39, 0.29) is 42.3 Å². The minimum absolute atomic E-state index is 0.0990. The lowest BCUT2D eigenvalue weighted by Gasteiger charge is -2.41. The Labute approximate surface area is 375 Å². The summed E-state index contributed by atoms with van der Waals surface area (Å²) in [6, 6.07) is 8.45. The number of hydrogen-bond donors (Lipinski definition) is 2. The number of nitrogens with one attached hydrogen (secondary N) is 2. The first-order valence-corrected chi connectivity index (χ1v) is 23.9. The molecule has 3 saturated heterocycles. The zero-order chi connectivity index (χ0) is 44.0. The first-order chi connectivity index (χ1) is 30.4. The number of carbonyl (C=O) groups excluding carboxylic acids is 3. The molecule has 9 rings (SSSR count). The predicted molar refractivity (Wildman–Crippen MR) is 244 cm³/mol. The molecule has 3 aromatic heterocycles. The minimum atomic E-state index is -1.09. The van der Waals surface area contributed by atoms with Gasteiger partial charge in [-0.25, -0.2) is 10.4 Å². The van der Waals surface area contributed by atoms with E-state index in [2.05, 4.69) is 84.0 Å². The fourth-order valence-corrected chi connectivity index (χ4v) is 11.1. The van der Waals surface area contributed by atoms with Crippen LogP contribution in [0.25, 0.3) is 33.4 Å². The number of benzene rings is 1. The van der Waals surface area contributed by atoms with Gasteiger partial charge in [-0.3, -0.25) is 24.5 Å². The number of pyridine rings is 1. The highest BCUT2D eigenvalue weighted by molar-refractivity contribution is 7.10. The third-order valence-corrected chi connectivity index (χ3v) is 14.9. The lowest BCUT2D eigenvalue weighted by Crippen LogP contribution is -2.66. The maximum Gasteiger partial charge on any atom is 0.259 e. The van der Waals surface area contributed by atoms with Crippen molar-refractivity contribution in [3.05, 3.63) is 52.1 Å². The van der Waals surface area contributed by atoms with Crippen molar-refractivity contribution < 1.29 is 28.6 Å². The van der Waals surface area contributed by atoms with E-state index in [4.69, 9.17) is 24.2 Å². The summed E-state index contributed by atoms with van der Waals surface area (Å²) in [5.74, 6) is -0.197. The number of thiazole rings is 1. The lowest BCUT2D eigenvalue weighted by atomic mass is 9.84. The molecule has 1 saturated carbocycles. The van der Waals surface area contributed by atoms with Gasteiger partial charge in [0.2, 0.25) is 5.91 Å². The molecule has 2 N–H and O–H groups in total. The Bertz CT molecular complexity index is 2350. The van der Waals surface area contributed by atoms with Crippen LogP contribution in [0.1, 0.15) is 82.7 Å². The van der Waals surface area contributed by atoms with Crippen molar-refractivity contribution in [3.8, 4) is 22.5 Å². The van der Waals surface area contributed by atoms with Gasteiger partial charge in [-0.1, -0.05) is 26.8 Å². The Morgan fingerprint density at radius 1 is 1.14 bits per heavy atom. The van der Waals surface area contributed by atoms with Crippen molar-refractivity contribution in [2.75, 3.05) is 71.2 Å². The van der Waals surface area contributed by atoms with Crippen LogP contribution in [0, 0.1) is 17.3 Å². The summed E-state index contributed by atoms with van der Waals surface area (Å²) in [6.45, 7) is 17.8. The van der Waals surface area contributed by atoms with Crippen LogP contribution in [0.2, 0.25) is 0 Å². The Balaban J connectivity index is 1.17. The van der Waals surface area contributed by atoms with E-state index in [1.807, 2.05) is 11.6 Å². The minimum Gasteiger partial charge on any atom is -0.378 e. The molecule has 63 heavy (non-hydrogen) atoms. The van der Waals surface area contributed by atoms with Gasteiger partial charge in [-0.2, -0.15) is 0 Å². The van der Waals surface area contributed by atoms with Gasteiger partial charge < -0.3 is 33.8 Å². The number of hydrogen-bond acceptors (Lipinski definition) is 12. The van der Waals surface area contributed by atoms with Crippen molar-refractivity contribution in [3.63, 3.8) is 0 Å². The number of ether oxygens (including phenoxy) is 3. The summed E-state index contributed by atoms with van der Waals surface area (Å²) in [7, 11) is 1.74. The van der Waals surface area contributed by atoms with Crippen molar-refractivity contribution in [2.45, 2.75) is 103 Å². The van der Waals surface area contributed by atoms with Crippen molar-refractivity contribution >= 4 is 46.0 Å². The second-order valence-corrected chi connectivity index (χ2v) is 20.3. The van der Waals surface area contributed by atoms with Crippen LogP contribution in [-0.4, -0.2) is 126 Å². The Morgan fingerprint density at radius 3 is 2.76 bits per heavy atom. The molecule has 4 aromatic rings. The second kappa shape index (κ2) is 18.0. The molecule has 15 heteroatoms. The standard InChI is InChI=1S/C48H64N8O6S/c1-7-55-41-11-10-32-19-36(41)38(44(55)37-20-33(23-49-43(37)31(3)60-6)54-14-9-13-53-16-17-61-25-34(53)24-54)22-47(4,5)28-62-29-48(27-57)12-8-15-56(52-48)46(59)39(21-42-50-40(32)26-63-42)51-45(58)35-18-30(35)2/h10-11,19-20,23,26-27,30-31,34-35,39,52H,7-9,12-18,21-22,24-25,28-29H2,1-6H3,(H,51,58)/t30-,31-,34-,35-,39-,48-/m0/s1. The molecular formula is C48H64N8O6S. The van der Waals surface area contributed by atoms with Gasteiger partial charge in [-0.05, 0) is 81.0 Å². The van der Waals surface area contributed by atoms with E-state index in [1.54, 1.807) is 7.11 Å². The summed E-state index contributed by atoms with van der Waals surface area (Å²) in [5, 5.41) is 8.54. The molecule has 1 aromatic carbocycles. The SMILES string of the molecule is CCn1c(-c2cc(N3CCCN4CCOC[C@@H]4C3)cnc2[C@H](C)OC)c2c3cc(ccc31)-c1csc(n1)C[C@H](NC(=O)[C@H]1C[C@@H]1C)C(=O)N1CCC[C@](C=O)(COCC(C)(C)C2)N1. The van der Waals surface area contributed by atoms with Crippen LogP contribution in [0.3, 0.4) is 0 Å². The number of hydrazine groups is 1. The average Bonchev–Trinajstić information content (AvgIpc) is 3.81. The van der Waals surface area contributed by atoms with Crippen LogP contribution in [-0.2, 0) is 48.0 Å². The fourth-order valence-electron chi connectivity index (χ4n) is 10.3. The number of nitrogens with zero attached hydrogens (tertiary/aromatic N) is 6. The van der Waals surface area contributed by atoms with Crippen molar-refractivity contribution in [2.24, 2.45) is 17.3 Å². The fraction of sp³-hybridized carbons (Fsp3) is 0.604. The zero-order valence-electron chi connectivity index (χ0n) is 37.8. The average molecular weight is 881 g/mol. The summed E-state index contributed by atoms with van der Waals surface area (Å²) >= 11 is 1.50. The largest absolute Gasteiger partial charge is 0.378 e. The summed E-state index contributed by atoms with van der Waals surface area (Å²) < 4.78 is 21.0. The normalized spacial score (nSPS) is 27.3. The smallest absolute Gasteiger partial charge is 0.259 e. The maximum atomic E-state index is 14.3. The monoisotopic (exact) mass is 880 g/mol. The third-order valence-electron chi connectivity index (χ3n) is 14.1. The number of carbonyl (C=O) groups is 3. The Morgan fingerprint density at radius 2 is 1.98 bits per heavy atom. The van der Waals surface area contributed by atoms with Crippen LogP contribution in [0.5, 0.6) is 0 Å². The number of amides is 2. The topological polar surface area (TPSA) is 143 Å². The molecule has 4 aliphatic heterocycles. The van der Waals surface area contributed by atoms with Crippen LogP contribution in [0.4, 0.5) is 5.69 Å². The number of rotatable bonds is 8. The van der Waals surface area contributed by atoms with Gasteiger partial charge >= 0.3 is 0 Å². The molecule has 6 atom stereocenters. The van der Waals surface area contributed by atoms with Gasteiger partial charge in [0, 0.05) is 86.1 Å². The van der Waals surface area contributed by atoms with E-state index in [0.29, 0.717) is 44.4 Å². The van der Waals surface area contributed by atoms with Gasteiger partial charge in [-0.15, -0.1) is 11.3 Å². The van der Waals surface area contributed by atoms with Gasteiger partial charge in [0.05, 0.1) is 72.5 Å². The molecular weight excluding hydrogens is 817 g/mol. The van der Waals surface area contributed by atoms with Crippen molar-refractivity contribution in [1.29, 1.82) is 0 Å². The first-order valence-electron chi connectivity index (χ1n) is 23.0.